The summed E-state index contributed by atoms with van der Waals surface area (Å²) in [6.45, 7) is 0. The Bertz CT molecular complexity index is 418. The Labute approximate surface area is 80.8 Å². The van der Waals surface area contributed by atoms with Gasteiger partial charge in [-0.1, -0.05) is 0 Å². The van der Waals surface area contributed by atoms with Crippen molar-refractivity contribution >= 4 is 0 Å². The van der Waals surface area contributed by atoms with E-state index < -0.39 is 0 Å². The first-order valence-corrected chi connectivity index (χ1v) is 3.96. The van der Waals surface area contributed by atoms with Gasteiger partial charge in [-0.05, 0) is 6.07 Å². The van der Waals surface area contributed by atoms with Crippen LogP contribution in [0.25, 0.3) is 11.5 Å². The second kappa shape index (κ2) is 3.78. The van der Waals surface area contributed by atoms with E-state index in [1.165, 1.54) is 6.20 Å². The van der Waals surface area contributed by atoms with Crippen LogP contribution in [-0.2, 0) is 0 Å². The monoisotopic (exact) mass is 187 g/mol. The van der Waals surface area contributed by atoms with E-state index in [1.807, 2.05) is 0 Å². The van der Waals surface area contributed by atoms with E-state index >= 15 is 0 Å². The van der Waals surface area contributed by atoms with Gasteiger partial charge in [0.2, 0.25) is 0 Å². The summed E-state index contributed by atoms with van der Waals surface area (Å²) in [5.41, 5.74) is 0.545. The van der Waals surface area contributed by atoms with Crippen LogP contribution in [0.3, 0.4) is 0 Å². The Balaban J connectivity index is 2.51. The summed E-state index contributed by atoms with van der Waals surface area (Å²) in [6, 6.07) is 1.74. The Morgan fingerprint density at radius 3 is 2.79 bits per heavy atom. The zero-order chi connectivity index (χ0) is 9.80. The smallest absolute Gasteiger partial charge is 0.198 e. The van der Waals surface area contributed by atoms with Gasteiger partial charge in [0, 0.05) is 12.4 Å². The molecule has 5 heteroatoms. The molecule has 0 aliphatic heterocycles. The number of methoxy groups -OCH3 is 1. The third-order valence-electron chi connectivity index (χ3n) is 1.63. The van der Waals surface area contributed by atoms with Crippen LogP contribution in [0.15, 0.2) is 24.7 Å². The highest BCUT2D eigenvalue weighted by atomic mass is 16.5. The fourth-order valence-electron chi connectivity index (χ4n) is 1.01. The van der Waals surface area contributed by atoms with E-state index in [4.69, 9.17) is 4.74 Å². The molecule has 0 N–H and O–H groups in total. The molecule has 1 radical (unpaired) electrons. The molecule has 0 unspecified atom stereocenters. The Morgan fingerprint density at radius 1 is 1.29 bits per heavy atom. The third kappa shape index (κ3) is 1.52. The predicted octanol–water partition coefficient (Wildman–Crippen LogP) is 0.742. The lowest BCUT2D eigenvalue weighted by atomic mass is 10.3. The molecule has 0 spiro atoms. The third-order valence-corrected chi connectivity index (χ3v) is 1.63. The number of rotatable bonds is 2. The summed E-state index contributed by atoms with van der Waals surface area (Å²) in [4.78, 5) is 15.8. The van der Waals surface area contributed by atoms with Crippen LogP contribution in [0.1, 0.15) is 0 Å². The Morgan fingerprint density at radius 2 is 2.07 bits per heavy atom. The fraction of sp³-hybridized carbons (Fsp3) is 0.111. The lowest BCUT2D eigenvalue weighted by Crippen LogP contribution is -1.95. The number of aromatic nitrogens is 4. The molecule has 0 aliphatic carbocycles. The molecule has 0 aromatic carbocycles. The summed E-state index contributed by atoms with van der Waals surface area (Å²) >= 11 is 0. The molecule has 69 valence electrons. The number of hydrogen-bond donors (Lipinski definition) is 0. The maximum Gasteiger partial charge on any atom is 0.198 e. The van der Waals surface area contributed by atoms with E-state index in [-0.39, 0.29) is 0 Å². The quantitative estimate of drug-likeness (QED) is 0.694. The van der Waals surface area contributed by atoms with E-state index in [1.54, 1.807) is 25.6 Å². The second-order valence-electron chi connectivity index (χ2n) is 2.46. The Hall–Kier alpha value is -2.04. The minimum absolute atomic E-state index is 0.503. The molecule has 5 nitrogen and oxygen atoms in total. The molecule has 0 atom stereocenters. The summed E-state index contributed by atoms with van der Waals surface area (Å²) in [6.07, 6.45) is 7.29. The van der Waals surface area contributed by atoms with Crippen molar-refractivity contribution in [3.8, 4) is 17.3 Å². The summed E-state index contributed by atoms with van der Waals surface area (Å²) in [7, 11) is 1.55. The summed E-state index contributed by atoms with van der Waals surface area (Å²) < 4.78 is 5.07. The van der Waals surface area contributed by atoms with Crippen LogP contribution < -0.4 is 4.74 Å². The molecule has 0 fully saturated rings. The van der Waals surface area contributed by atoms with Crippen LogP contribution in [0.4, 0.5) is 0 Å². The maximum atomic E-state index is 5.07. The number of ether oxygens (including phenoxy) is 1. The average Bonchev–Trinajstić information content (AvgIpc) is 2.30. The molecule has 0 saturated carbocycles. The van der Waals surface area contributed by atoms with E-state index in [0.717, 1.165) is 0 Å². The molecular formula is C9H7N4O. The first kappa shape index (κ1) is 8.55. The van der Waals surface area contributed by atoms with Crippen molar-refractivity contribution in [2.24, 2.45) is 0 Å². The summed E-state index contributed by atoms with van der Waals surface area (Å²) in [5, 5.41) is 0. The van der Waals surface area contributed by atoms with Gasteiger partial charge in [-0.2, -0.15) is 0 Å². The van der Waals surface area contributed by atoms with Gasteiger partial charge in [-0.15, -0.1) is 0 Å². The zero-order valence-electron chi connectivity index (χ0n) is 7.51. The van der Waals surface area contributed by atoms with Crippen molar-refractivity contribution in [3.63, 3.8) is 0 Å². The standard InChI is InChI=1S/C9H7N4O/c1-14-7-5-10-6-13-8(7)9-11-3-2-4-12-9/h2-5H,1H3. The van der Waals surface area contributed by atoms with E-state index in [0.29, 0.717) is 17.3 Å². The molecule has 0 saturated heterocycles. The molecule has 2 aromatic heterocycles. The molecule has 2 rings (SSSR count). The minimum atomic E-state index is 0.503. The lowest BCUT2D eigenvalue weighted by Gasteiger charge is -2.03. The van der Waals surface area contributed by atoms with E-state index in [2.05, 4.69) is 26.3 Å². The highest BCUT2D eigenvalue weighted by Gasteiger charge is 2.08. The zero-order valence-corrected chi connectivity index (χ0v) is 7.51. The van der Waals surface area contributed by atoms with Gasteiger partial charge in [-0.3, -0.25) is 0 Å². The summed E-state index contributed by atoms with van der Waals surface area (Å²) in [5.74, 6) is 1.04. The molecule has 0 bridgehead atoms. The minimum Gasteiger partial charge on any atom is -0.493 e. The largest absolute Gasteiger partial charge is 0.493 e. The lowest BCUT2D eigenvalue weighted by molar-refractivity contribution is 0.412. The molecule has 2 aromatic rings. The van der Waals surface area contributed by atoms with Gasteiger partial charge in [0.25, 0.3) is 0 Å². The number of nitrogens with zero attached hydrogens (tertiary/aromatic N) is 4. The first-order valence-electron chi connectivity index (χ1n) is 3.96. The van der Waals surface area contributed by atoms with Crippen LogP contribution in [0.5, 0.6) is 5.75 Å². The van der Waals surface area contributed by atoms with Crippen molar-refractivity contribution in [1.29, 1.82) is 0 Å². The van der Waals surface area contributed by atoms with Crippen molar-refractivity contribution in [2.45, 2.75) is 0 Å². The van der Waals surface area contributed by atoms with Crippen molar-refractivity contribution in [2.75, 3.05) is 7.11 Å². The van der Waals surface area contributed by atoms with Crippen LogP contribution in [0, 0.1) is 6.33 Å². The normalized spacial score (nSPS) is 9.79. The van der Waals surface area contributed by atoms with Gasteiger partial charge in [-0.25, -0.2) is 19.9 Å². The van der Waals surface area contributed by atoms with Crippen molar-refractivity contribution in [3.05, 3.63) is 31.0 Å². The maximum absolute atomic E-state index is 5.07. The molecule has 0 amide bonds. The molecule has 0 aliphatic rings. The van der Waals surface area contributed by atoms with Gasteiger partial charge < -0.3 is 4.74 Å². The van der Waals surface area contributed by atoms with Gasteiger partial charge in [0.1, 0.15) is 0 Å². The highest BCUT2D eigenvalue weighted by Crippen LogP contribution is 2.21. The average molecular weight is 187 g/mol. The van der Waals surface area contributed by atoms with Crippen LogP contribution in [0.2, 0.25) is 0 Å². The molecule has 14 heavy (non-hydrogen) atoms. The van der Waals surface area contributed by atoms with Crippen molar-refractivity contribution < 1.29 is 4.74 Å². The van der Waals surface area contributed by atoms with Gasteiger partial charge in [0.05, 0.1) is 13.3 Å². The van der Waals surface area contributed by atoms with Crippen LogP contribution >= 0.6 is 0 Å². The second-order valence-corrected chi connectivity index (χ2v) is 2.46. The highest BCUT2D eigenvalue weighted by molar-refractivity contribution is 5.56. The predicted molar refractivity (Wildman–Crippen MR) is 48.4 cm³/mol. The van der Waals surface area contributed by atoms with Gasteiger partial charge in [0.15, 0.2) is 23.6 Å². The van der Waals surface area contributed by atoms with Crippen molar-refractivity contribution in [1.82, 2.24) is 19.9 Å². The number of hydrogen-bond acceptors (Lipinski definition) is 5. The molecule has 2 heterocycles. The fourth-order valence-corrected chi connectivity index (χ4v) is 1.01. The SMILES string of the molecule is COc1cn[c]nc1-c1ncccn1. The molecular weight excluding hydrogens is 180 g/mol. The van der Waals surface area contributed by atoms with Crippen LogP contribution in [-0.4, -0.2) is 27.0 Å². The first-order chi connectivity index (χ1) is 6.92. The topological polar surface area (TPSA) is 60.8 Å². The Kier molecular flexibility index (Phi) is 2.31. The van der Waals surface area contributed by atoms with E-state index in [9.17, 15) is 0 Å². The van der Waals surface area contributed by atoms with Gasteiger partial charge >= 0.3 is 0 Å².